The summed E-state index contributed by atoms with van der Waals surface area (Å²) in [5.41, 5.74) is 1.23. The number of rotatable bonds is 7. The van der Waals surface area contributed by atoms with E-state index in [4.69, 9.17) is 9.15 Å². The zero-order chi connectivity index (χ0) is 21.8. The molecule has 0 aliphatic rings. The van der Waals surface area contributed by atoms with E-state index in [9.17, 15) is 13.6 Å². The van der Waals surface area contributed by atoms with Gasteiger partial charge in [0.1, 0.15) is 40.5 Å². The van der Waals surface area contributed by atoms with Gasteiger partial charge in [-0.2, -0.15) is 0 Å². The number of carbonyl (C=O) groups is 1. The van der Waals surface area contributed by atoms with E-state index in [1.165, 1.54) is 16.2 Å². The minimum Gasteiger partial charge on any atom is -0.489 e. The Morgan fingerprint density at radius 1 is 1.16 bits per heavy atom. The van der Waals surface area contributed by atoms with Gasteiger partial charge in [0.05, 0.1) is 12.8 Å². The highest BCUT2D eigenvalue weighted by Crippen LogP contribution is 2.28. The van der Waals surface area contributed by atoms with Gasteiger partial charge >= 0.3 is 0 Å². The second kappa shape index (κ2) is 9.09. The van der Waals surface area contributed by atoms with Crippen LogP contribution in [0.1, 0.15) is 21.8 Å². The molecule has 0 radical (unpaired) electrons. The maximum Gasteiger partial charge on any atom is 0.273 e. The molecular formula is C23H18F2N2O3S. The summed E-state index contributed by atoms with van der Waals surface area (Å²) in [5, 5.41) is 2.35. The Labute approximate surface area is 181 Å². The van der Waals surface area contributed by atoms with Crippen LogP contribution in [0.15, 0.2) is 70.7 Å². The molecule has 2 aromatic heterocycles. The minimum atomic E-state index is -0.528. The number of aromatic nitrogens is 1. The molecular weight excluding hydrogens is 422 g/mol. The number of hydrogen-bond donors (Lipinski definition) is 0. The average molecular weight is 440 g/mol. The Morgan fingerprint density at radius 3 is 2.84 bits per heavy atom. The molecule has 0 fully saturated rings. The molecule has 0 spiro atoms. The lowest BCUT2D eigenvalue weighted by molar-refractivity contribution is 0.0770. The lowest BCUT2D eigenvalue weighted by Crippen LogP contribution is -2.26. The third kappa shape index (κ3) is 4.97. The van der Waals surface area contributed by atoms with Crippen molar-refractivity contribution in [3.05, 3.63) is 94.9 Å². The summed E-state index contributed by atoms with van der Waals surface area (Å²) in [6.45, 7) is 0.241. The lowest BCUT2D eigenvalue weighted by Gasteiger charge is -2.13. The maximum absolute atomic E-state index is 13.8. The zero-order valence-corrected chi connectivity index (χ0v) is 17.4. The molecule has 2 heterocycles. The van der Waals surface area contributed by atoms with Gasteiger partial charge in [0.2, 0.25) is 0 Å². The fraction of sp³-hybridized carbons (Fsp3) is 0.130. The predicted octanol–water partition coefficient (Wildman–Crippen LogP) is 5.53. The van der Waals surface area contributed by atoms with Gasteiger partial charge in [-0.15, -0.1) is 11.3 Å². The summed E-state index contributed by atoms with van der Waals surface area (Å²) in [7, 11) is 1.68. The van der Waals surface area contributed by atoms with Crippen molar-refractivity contribution in [3.8, 4) is 16.3 Å². The number of thiazole rings is 1. The van der Waals surface area contributed by atoms with E-state index in [-0.39, 0.29) is 18.1 Å². The molecule has 158 valence electrons. The van der Waals surface area contributed by atoms with Gasteiger partial charge in [0.25, 0.3) is 5.91 Å². The van der Waals surface area contributed by atoms with Gasteiger partial charge in [-0.1, -0.05) is 12.1 Å². The van der Waals surface area contributed by atoms with Crippen molar-refractivity contribution in [2.75, 3.05) is 7.05 Å². The Bertz CT molecular complexity index is 1190. The molecule has 0 saturated heterocycles. The molecule has 0 N–H and O–H groups in total. The molecule has 0 unspecified atom stereocenters. The highest BCUT2D eigenvalue weighted by Gasteiger charge is 2.17. The molecule has 0 atom stereocenters. The van der Waals surface area contributed by atoms with Gasteiger partial charge in [0.15, 0.2) is 0 Å². The topological polar surface area (TPSA) is 55.6 Å². The van der Waals surface area contributed by atoms with Crippen LogP contribution in [0.3, 0.4) is 0 Å². The second-order valence-corrected chi connectivity index (χ2v) is 7.69. The highest BCUT2D eigenvalue weighted by molar-refractivity contribution is 7.13. The molecule has 4 rings (SSSR count). The third-order valence-electron chi connectivity index (χ3n) is 4.53. The first-order valence-corrected chi connectivity index (χ1v) is 10.3. The van der Waals surface area contributed by atoms with Gasteiger partial charge in [-0.05, 0) is 42.5 Å². The first-order valence-electron chi connectivity index (χ1n) is 9.40. The molecule has 0 aliphatic carbocycles. The van der Waals surface area contributed by atoms with Crippen LogP contribution in [-0.2, 0) is 13.2 Å². The van der Waals surface area contributed by atoms with Crippen LogP contribution in [0.5, 0.6) is 5.75 Å². The zero-order valence-electron chi connectivity index (χ0n) is 16.5. The molecule has 8 heteroatoms. The smallest absolute Gasteiger partial charge is 0.273 e. The Kier molecular flexibility index (Phi) is 6.08. The van der Waals surface area contributed by atoms with Crippen molar-refractivity contribution >= 4 is 17.2 Å². The summed E-state index contributed by atoms with van der Waals surface area (Å²) >= 11 is 1.34. The van der Waals surface area contributed by atoms with E-state index >= 15 is 0 Å². The number of benzene rings is 2. The van der Waals surface area contributed by atoms with Crippen molar-refractivity contribution in [2.24, 2.45) is 0 Å². The van der Waals surface area contributed by atoms with Crippen molar-refractivity contribution in [3.63, 3.8) is 0 Å². The summed E-state index contributed by atoms with van der Waals surface area (Å²) in [4.78, 5) is 18.6. The average Bonchev–Trinajstić information content (AvgIpc) is 3.46. The number of nitrogens with zero attached hydrogens (tertiary/aromatic N) is 2. The number of halogens is 2. The number of amides is 1. The molecule has 0 bridgehead atoms. The molecule has 4 aromatic rings. The van der Waals surface area contributed by atoms with Crippen LogP contribution < -0.4 is 4.74 Å². The summed E-state index contributed by atoms with van der Waals surface area (Å²) in [5.74, 6) is -0.0944. The van der Waals surface area contributed by atoms with E-state index < -0.39 is 11.6 Å². The monoisotopic (exact) mass is 440 g/mol. The minimum absolute atomic E-state index is 0.105. The SMILES string of the molecule is CN(Cc1ccco1)C(=O)c1csc(-c2cccc(OCc3cc(F)ccc3F)c2)n1. The van der Waals surface area contributed by atoms with Gasteiger partial charge < -0.3 is 14.1 Å². The molecule has 0 aliphatic heterocycles. The lowest BCUT2D eigenvalue weighted by atomic mass is 10.2. The summed E-state index contributed by atoms with van der Waals surface area (Å²) < 4.78 is 38.0. The van der Waals surface area contributed by atoms with E-state index in [0.29, 0.717) is 28.8 Å². The first-order chi connectivity index (χ1) is 15.0. The van der Waals surface area contributed by atoms with Crippen LogP contribution >= 0.6 is 11.3 Å². The fourth-order valence-corrected chi connectivity index (χ4v) is 3.73. The van der Waals surface area contributed by atoms with Gasteiger partial charge in [-0.3, -0.25) is 4.79 Å². The van der Waals surface area contributed by atoms with Crippen LogP contribution in [0.25, 0.3) is 10.6 Å². The number of ether oxygens (including phenoxy) is 1. The fourth-order valence-electron chi connectivity index (χ4n) is 2.94. The standard InChI is InChI=1S/C23H18F2N2O3S/c1-27(12-19-6-3-9-29-19)23(28)21-14-31-22(26-21)15-4-2-5-18(11-15)30-13-16-10-17(24)7-8-20(16)25/h2-11,14H,12-13H2,1H3. The van der Waals surface area contributed by atoms with E-state index in [2.05, 4.69) is 4.98 Å². The van der Waals surface area contributed by atoms with E-state index in [1.807, 2.05) is 6.07 Å². The molecule has 2 aromatic carbocycles. The first kappa shape index (κ1) is 20.7. The molecule has 0 saturated carbocycles. The Morgan fingerprint density at radius 2 is 2.03 bits per heavy atom. The highest BCUT2D eigenvalue weighted by atomic mass is 32.1. The Balaban J connectivity index is 1.45. The normalized spacial score (nSPS) is 10.8. The number of hydrogen-bond acceptors (Lipinski definition) is 5. The van der Waals surface area contributed by atoms with Crippen molar-refractivity contribution in [1.29, 1.82) is 0 Å². The van der Waals surface area contributed by atoms with Crippen molar-refractivity contribution in [1.82, 2.24) is 9.88 Å². The Hall–Kier alpha value is -3.52. The molecule has 5 nitrogen and oxygen atoms in total. The second-order valence-electron chi connectivity index (χ2n) is 6.83. The van der Waals surface area contributed by atoms with Gasteiger partial charge in [-0.25, -0.2) is 13.8 Å². The van der Waals surface area contributed by atoms with E-state index in [0.717, 1.165) is 23.8 Å². The largest absolute Gasteiger partial charge is 0.489 e. The number of furan rings is 1. The summed E-state index contributed by atoms with van der Waals surface area (Å²) in [6.07, 6.45) is 1.56. The third-order valence-corrected chi connectivity index (χ3v) is 5.42. The van der Waals surface area contributed by atoms with Crippen LogP contribution in [0.4, 0.5) is 8.78 Å². The van der Waals surface area contributed by atoms with Crippen LogP contribution in [0.2, 0.25) is 0 Å². The van der Waals surface area contributed by atoms with Crippen LogP contribution in [-0.4, -0.2) is 22.8 Å². The van der Waals surface area contributed by atoms with E-state index in [1.54, 1.807) is 49.0 Å². The predicted molar refractivity (Wildman–Crippen MR) is 113 cm³/mol. The maximum atomic E-state index is 13.8. The molecule has 31 heavy (non-hydrogen) atoms. The van der Waals surface area contributed by atoms with Crippen molar-refractivity contribution in [2.45, 2.75) is 13.2 Å². The number of carbonyl (C=O) groups excluding carboxylic acids is 1. The molecule has 1 amide bonds. The quantitative estimate of drug-likeness (QED) is 0.379. The summed E-state index contributed by atoms with van der Waals surface area (Å²) in [6, 6.07) is 13.9. The van der Waals surface area contributed by atoms with Crippen molar-refractivity contribution < 1.29 is 22.7 Å². The van der Waals surface area contributed by atoms with Gasteiger partial charge in [0, 0.05) is 23.6 Å². The van der Waals surface area contributed by atoms with Crippen LogP contribution in [0, 0.1) is 11.6 Å².